The molecule has 1 aromatic heterocycles. The topological polar surface area (TPSA) is 46.9 Å². The molecular weight excluding hydrogens is 294 g/mol. The van der Waals surface area contributed by atoms with Crippen molar-refractivity contribution in [2.24, 2.45) is 13.0 Å². The molecule has 0 bridgehead atoms. The minimum Gasteiger partial charge on any atom is -0.344 e. The molecule has 1 aliphatic rings. The summed E-state index contributed by atoms with van der Waals surface area (Å²) in [7, 11) is 1.87. The lowest BCUT2D eigenvalue weighted by Crippen LogP contribution is -2.52. The van der Waals surface area contributed by atoms with Crippen molar-refractivity contribution in [2.45, 2.75) is 38.1 Å². The minimum absolute atomic E-state index is 0.0652. The van der Waals surface area contributed by atoms with Crippen molar-refractivity contribution >= 4 is 21.8 Å². The molecule has 0 aliphatic heterocycles. The summed E-state index contributed by atoms with van der Waals surface area (Å²) in [6.07, 6.45) is 7.83. The van der Waals surface area contributed by atoms with Gasteiger partial charge in [0, 0.05) is 18.6 Å². The number of carbonyl (C=O) groups is 1. The van der Waals surface area contributed by atoms with E-state index in [1.165, 1.54) is 12.8 Å². The van der Waals surface area contributed by atoms with Crippen molar-refractivity contribution < 1.29 is 4.79 Å². The highest BCUT2D eigenvalue weighted by Crippen LogP contribution is 2.33. The molecule has 1 heterocycles. The number of hydrogen-bond donors (Lipinski definition) is 1. The molecule has 1 aliphatic carbocycles. The van der Waals surface area contributed by atoms with E-state index in [1.54, 1.807) is 17.1 Å². The van der Waals surface area contributed by atoms with Gasteiger partial charge in [-0.25, -0.2) is 4.98 Å². The fourth-order valence-electron chi connectivity index (χ4n) is 2.44. The third-order valence-electron chi connectivity index (χ3n) is 3.80. The molecule has 100 valence electrons. The van der Waals surface area contributed by atoms with Gasteiger partial charge >= 0.3 is 0 Å². The monoisotopic (exact) mass is 313 g/mol. The van der Waals surface area contributed by atoms with Gasteiger partial charge in [-0.2, -0.15) is 0 Å². The van der Waals surface area contributed by atoms with Crippen LogP contribution in [0.15, 0.2) is 12.5 Å². The zero-order chi connectivity index (χ0) is 13.2. The average Bonchev–Trinajstić information content (AvgIpc) is 2.79. The largest absolute Gasteiger partial charge is 0.344 e. The quantitative estimate of drug-likeness (QED) is 0.871. The second-order valence-electron chi connectivity index (χ2n) is 5.47. The summed E-state index contributed by atoms with van der Waals surface area (Å²) >= 11 is 3.55. The highest BCUT2D eigenvalue weighted by Gasteiger charge is 2.35. The Hall–Kier alpha value is -0.840. The molecule has 0 aromatic carbocycles. The summed E-state index contributed by atoms with van der Waals surface area (Å²) in [6.45, 7) is 2.28. The van der Waals surface area contributed by atoms with Crippen LogP contribution in [0.3, 0.4) is 0 Å². The highest BCUT2D eigenvalue weighted by molar-refractivity contribution is 9.09. The van der Waals surface area contributed by atoms with Gasteiger partial charge in [0.05, 0.1) is 11.9 Å². The van der Waals surface area contributed by atoms with Gasteiger partial charge in [0.2, 0.25) is 0 Å². The van der Waals surface area contributed by atoms with Gasteiger partial charge in [0.15, 0.2) is 0 Å². The number of imidazole rings is 1. The molecule has 0 saturated heterocycles. The SMILES string of the molecule is CC1CCC(CBr)(NC(=O)c2cn(C)cn2)CC1. The van der Waals surface area contributed by atoms with Crippen molar-refractivity contribution in [2.75, 3.05) is 5.33 Å². The van der Waals surface area contributed by atoms with Crippen LogP contribution in [0.4, 0.5) is 0 Å². The van der Waals surface area contributed by atoms with Gasteiger partial charge in [-0.15, -0.1) is 0 Å². The number of amides is 1. The summed E-state index contributed by atoms with van der Waals surface area (Å²) in [5.41, 5.74) is 0.401. The van der Waals surface area contributed by atoms with Crippen molar-refractivity contribution in [3.63, 3.8) is 0 Å². The van der Waals surface area contributed by atoms with Crippen LogP contribution < -0.4 is 5.32 Å². The number of alkyl halides is 1. The number of aromatic nitrogens is 2. The maximum absolute atomic E-state index is 12.2. The average molecular weight is 314 g/mol. The predicted octanol–water partition coefficient (Wildman–Crippen LogP) is 2.49. The minimum atomic E-state index is -0.0961. The fraction of sp³-hybridized carbons (Fsp3) is 0.692. The Morgan fingerprint density at radius 3 is 2.78 bits per heavy atom. The molecule has 0 unspecified atom stereocenters. The van der Waals surface area contributed by atoms with Crippen LogP contribution in [-0.4, -0.2) is 26.3 Å². The van der Waals surface area contributed by atoms with E-state index < -0.39 is 0 Å². The smallest absolute Gasteiger partial charge is 0.271 e. The first kappa shape index (κ1) is 13.6. The first-order valence-electron chi connectivity index (χ1n) is 6.41. The van der Waals surface area contributed by atoms with E-state index in [2.05, 4.69) is 33.2 Å². The Balaban J connectivity index is 2.04. The third-order valence-corrected chi connectivity index (χ3v) is 4.88. The van der Waals surface area contributed by atoms with E-state index in [0.717, 1.165) is 24.1 Å². The molecule has 0 spiro atoms. The lowest BCUT2D eigenvalue weighted by Gasteiger charge is -2.38. The Kier molecular flexibility index (Phi) is 4.10. The summed E-state index contributed by atoms with van der Waals surface area (Å²) in [5.74, 6) is 0.702. The summed E-state index contributed by atoms with van der Waals surface area (Å²) in [4.78, 5) is 16.3. The van der Waals surface area contributed by atoms with Crippen LogP contribution in [0.2, 0.25) is 0 Å². The molecule has 0 atom stereocenters. The van der Waals surface area contributed by atoms with Crippen molar-refractivity contribution in [3.05, 3.63) is 18.2 Å². The normalized spacial score (nSPS) is 28.1. The zero-order valence-corrected chi connectivity index (χ0v) is 12.5. The second kappa shape index (κ2) is 5.43. The Morgan fingerprint density at radius 1 is 1.61 bits per heavy atom. The number of carbonyl (C=O) groups excluding carboxylic acids is 1. The number of nitrogens with zero attached hydrogens (tertiary/aromatic N) is 2. The number of rotatable bonds is 3. The van der Waals surface area contributed by atoms with Crippen molar-refractivity contribution in [3.8, 4) is 0 Å². The van der Waals surface area contributed by atoms with Crippen LogP contribution in [0.1, 0.15) is 43.1 Å². The second-order valence-corrected chi connectivity index (χ2v) is 6.04. The number of aryl methyl sites for hydroxylation is 1. The molecule has 18 heavy (non-hydrogen) atoms. The van der Waals surface area contributed by atoms with Gasteiger partial charge in [-0.3, -0.25) is 4.79 Å². The lowest BCUT2D eigenvalue weighted by atomic mass is 9.78. The first-order chi connectivity index (χ1) is 8.54. The standard InChI is InChI=1S/C13H20BrN3O/c1-10-3-5-13(8-14,6-4-10)16-12(18)11-7-17(2)9-15-11/h7,9-10H,3-6,8H2,1-2H3,(H,16,18). The zero-order valence-electron chi connectivity index (χ0n) is 10.9. The van der Waals surface area contributed by atoms with Gasteiger partial charge < -0.3 is 9.88 Å². The Morgan fingerprint density at radius 2 is 2.28 bits per heavy atom. The van der Waals surface area contributed by atoms with E-state index in [4.69, 9.17) is 0 Å². The third kappa shape index (κ3) is 2.94. The van der Waals surface area contributed by atoms with Gasteiger partial charge in [0.25, 0.3) is 5.91 Å². The number of nitrogens with one attached hydrogen (secondary N) is 1. The van der Waals surface area contributed by atoms with Gasteiger partial charge in [-0.05, 0) is 31.6 Å². The molecule has 4 nitrogen and oxygen atoms in total. The molecule has 0 radical (unpaired) electrons. The maximum Gasteiger partial charge on any atom is 0.271 e. The van der Waals surface area contributed by atoms with E-state index in [-0.39, 0.29) is 11.4 Å². The predicted molar refractivity (Wildman–Crippen MR) is 74.8 cm³/mol. The molecule has 1 N–H and O–H groups in total. The van der Waals surface area contributed by atoms with E-state index in [9.17, 15) is 4.79 Å². The van der Waals surface area contributed by atoms with E-state index in [0.29, 0.717) is 5.69 Å². The number of hydrogen-bond acceptors (Lipinski definition) is 2. The highest BCUT2D eigenvalue weighted by atomic mass is 79.9. The van der Waals surface area contributed by atoms with Crippen LogP contribution in [0, 0.1) is 5.92 Å². The van der Waals surface area contributed by atoms with Crippen LogP contribution in [0.5, 0.6) is 0 Å². The van der Waals surface area contributed by atoms with Crippen molar-refractivity contribution in [1.82, 2.24) is 14.9 Å². The molecule has 2 rings (SSSR count). The Bertz CT molecular complexity index is 422. The molecule has 1 amide bonds. The molecule has 1 saturated carbocycles. The maximum atomic E-state index is 12.2. The van der Waals surface area contributed by atoms with Gasteiger partial charge in [0.1, 0.15) is 5.69 Å². The van der Waals surface area contributed by atoms with Crippen LogP contribution >= 0.6 is 15.9 Å². The fourth-order valence-corrected chi connectivity index (χ4v) is 3.14. The molecule has 5 heteroatoms. The van der Waals surface area contributed by atoms with Crippen molar-refractivity contribution in [1.29, 1.82) is 0 Å². The van der Waals surface area contributed by atoms with E-state index >= 15 is 0 Å². The summed E-state index contributed by atoms with van der Waals surface area (Å²) in [5, 5.41) is 3.98. The molecule has 1 aromatic rings. The van der Waals surface area contributed by atoms with E-state index in [1.807, 2.05) is 7.05 Å². The molecular formula is C13H20BrN3O. The van der Waals surface area contributed by atoms with Crippen LogP contribution in [-0.2, 0) is 7.05 Å². The Labute approximate surface area is 116 Å². The molecule has 1 fully saturated rings. The van der Waals surface area contributed by atoms with Crippen LogP contribution in [0.25, 0.3) is 0 Å². The summed E-state index contributed by atoms with van der Waals surface area (Å²) < 4.78 is 1.79. The first-order valence-corrected chi connectivity index (χ1v) is 7.53. The van der Waals surface area contributed by atoms with Gasteiger partial charge in [-0.1, -0.05) is 22.9 Å². The summed E-state index contributed by atoms with van der Waals surface area (Å²) in [6, 6.07) is 0. The lowest BCUT2D eigenvalue weighted by molar-refractivity contribution is 0.0869. The number of halogens is 1.